The molecule has 0 bridgehead atoms. The Balaban J connectivity index is 1.74. The summed E-state index contributed by atoms with van der Waals surface area (Å²) in [6.07, 6.45) is 5.33. The van der Waals surface area contributed by atoms with Crippen molar-refractivity contribution in [2.45, 2.75) is 38.6 Å². The van der Waals surface area contributed by atoms with Crippen molar-refractivity contribution in [1.29, 1.82) is 0 Å². The molecule has 0 saturated carbocycles. The summed E-state index contributed by atoms with van der Waals surface area (Å²) in [5, 5.41) is 3.59. The molecule has 1 aromatic rings. The lowest BCUT2D eigenvalue weighted by atomic mass is 9.74. The second-order valence-corrected chi connectivity index (χ2v) is 8.60. The Bertz CT molecular complexity index is 463. The molecular formula is C15H22Cl2N2S. The molecule has 2 fully saturated rings. The number of nitrogens with one attached hydrogen (secondary N) is 1. The highest BCUT2D eigenvalue weighted by Gasteiger charge is 2.38. The average molecular weight is 333 g/mol. The van der Waals surface area contributed by atoms with E-state index in [-0.39, 0.29) is 0 Å². The predicted molar refractivity (Wildman–Crippen MR) is 88.1 cm³/mol. The summed E-state index contributed by atoms with van der Waals surface area (Å²) in [6.45, 7) is 6.98. The van der Waals surface area contributed by atoms with Gasteiger partial charge in [0, 0.05) is 24.7 Å². The molecule has 0 amide bonds. The van der Waals surface area contributed by atoms with Gasteiger partial charge in [-0.05, 0) is 57.2 Å². The monoisotopic (exact) mass is 332 g/mol. The van der Waals surface area contributed by atoms with Crippen LogP contribution in [0.4, 0.5) is 0 Å². The summed E-state index contributed by atoms with van der Waals surface area (Å²) in [4.78, 5) is 2.60. The Morgan fingerprint density at radius 3 is 2.80 bits per heavy atom. The van der Waals surface area contributed by atoms with Gasteiger partial charge in [0.2, 0.25) is 0 Å². The number of nitrogens with zero attached hydrogens (tertiary/aromatic N) is 1. The Morgan fingerprint density at radius 2 is 2.15 bits per heavy atom. The van der Waals surface area contributed by atoms with Crippen LogP contribution >= 0.6 is 34.5 Å². The third-order valence-electron chi connectivity index (χ3n) is 4.93. The molecule has 0 aliphatic carbocycles. The summed E-state index contributed by atoms with van der Waals surface area (Å²) in [7, 11) is 0. The van der Waals surface area contributed by atoms with E-state index in [4.69, 9.17) is 23.2 Å². The van der Waals surface area contributed by atoms with E-state index >= 15 is 0 Å². The Hall–Kier alpha value is 0.200. The van der Waals surface area contributed by atoms with E-state index in [2.05, 4.69) is 17.1 Å². The van der Waals surface area contributed by atoms with Gasteiger partial charge in [0.05, 0.1) is 8.67 Å². The summed E-state index contributed by atoms with van der Waals surface area (Å²) in [6, 6.07) is 2.41. The minimum absolute atomic E-state index is 0.366. The second-order valence-electron chi connectivity index (χ2n) is 6.31. The van der Waals surface area contributed by atoms with Gasteiger partial charge in [-0.25, -0.2) is 0 Å². The number of halogens is 2. The van der Waals surface area contributed by atoms with Crippen LogP contribution in [0, 0.1) is 5.41 Å². The van der Waals surface area contributed by atoms with Crippen molar-refractivity contribution >= 4 is 34.5 Å². The molecule has 3 heterocycles. The first-order valence-corrected chi connectivity index (χ1v) is 9.06. The molecule has 2 nitrogen and oxygen atoms in total. The summed E-state index contributed by atoms with van der Waals surface area (Å²) < 4.78 is 1.65. The molecule has 2 saturated heterocycles. The van der Waals surface area contributed by atoms with Gasteiger partial charge in [0.15, 0.2) is 0 Å². The SMILES string of the molecule is CC(c1cc(Cl)sc1Cl)N1CCCC2(CCCNC2)C1. The normalized spacial score (nSPS) is 29.8. The molecule has 2 unspecified atom stereocenters. The summed E-state index contributed by atoms with van der Waals surface area (Å²) >= 11 is 13.9. The fraction of sp³-hybridized carbons (Fsp3) is 0.733. The number of thiophene rings is 1. The van der Waals surface area contributed by atoms with Gasteiger partial charge in [0.1, 0.15) is 0 Å². The first-order valence-electron chi connectivity index (χ1n) is 7.49. The lowest BCUT2D eigenvalue weighted by Crippen LogP contribution is -2.51. The van der Waals surface area contributed by atoms with Gasteiger partial charge < -0.3 is 5.32 Å². The molecule has 2 atom stereocenters. The van der Waals surface area contributed by atoms with Crippen LogP contribution in [0.25, 0.3) is 0 Å². The van der Waals surface area contributed by atoms with Gasteiger partial charge in [-0.1, -0.05) is 23.2 Å². The van der Waals surface area contributed by atoms with E-state index in [1.54, 1.807) is 0 Å². The van der Waals surface area contributed by atoms with Crippen LogP contribution in [0.15, 0.2) is 6.07 Å². The van der Waals surface area contributed by atoms with Crippen LogP contribution < -0.4 is 5.32 Å². The van der Waals surface area contributed by atoms with Crippen molar-refractivity contribution in [3.8, 4) is 0 Å². The Kier molecular flexibility index (Phi) is 4.63. The van der Waals surface area contributed by atoms with E-state index in [0.717, 1.165) is 8.67 Å². The van der Waals surface area contributed by atoms with E-state index in [0.29, 0.717) is 11.5 Å². The number of piperidine rings is 2. The van der Waals surface area contributed by atoms with Crippen molar-refractivity contribution in [2.24, 2.45) is 5.41 Å². The minimum Gasteiger partial charge on any atom is -0.316 e. The maximum atomic E-state index is 6.33. The van der Waals surface area contributed by atoms with Crippen LogP contribution in [-0.2, 0) is 0 Å². The van der Waals surface area contributed by atoms with Crippen LogP contribution in [-0.4, -0.2) is 31.1 Å². The Morgan fingerprint density at radius 1 is 1.35 bits per heavy atom. The van der Waals surface area contributed by atoms with E-state index < -0.39 is 0 Å². The molecule has 0 aromatic carbocycles. The second kappa shape index (κ2) is 6.13. The predicted octanol–water partition coefficient (Wildman–Crippen LogP) is 4.58. The zero-order chi connectivity index (χ0) is 14.2. The first-order chi connectivity index (χ1) is 9.60. The topological polar surface area (TPSA) is 15.3 Å². The van der Waals surface area contributed by atoms with Crippen LogP contribution in [0.2, 0.25) is 8.67 Å². The molecule has 2 aliphatic rings. The number of rotatable bonds is 2. The van der Waals surface area contributed by atoms with E-state index in [9.17, 15) is 0 Å². The molecule has 1 spiro atoms. The van der Waals surface area contributed by atoms with Gasteiger partial charge >= 0.3 is 0 Å². The van der Waals surface area contributed by atoms with Crippen molar-refractivity contribution in [1.82, 2.24) is 10.2 Å². The molecular weight excluding hydrogens is 311 g/mol. The molecule has 2 aliphatic heterocycles. The number of likely N-dealkylation sites (tertiary alicyclic amines) is 1. The molecule has 0 radical (unpaired) electrons. The highest BCUT2D eigenvalue weighted by Crippen LogP contribution is 2.42. The molecule has 1 N–H and O–H groups in total. The fourth-order valence-electron chi connectivity index (χ4n) is 3.79. The largest absolute Gasteiger partial charge is 0.316 e. The highest BCUT2D eigenvalue weighted by atomic mass is 35.5. The maximum absolute atomic E-state index is 6.33. The van der Waals surface area contributed by atoms with Crippen LogP contribution in [0.3, 0.4) is 0 Å². The van der Waals surface area contributed by atoms with E-state index in [1.165, 1.54) is 68.8 Å². The fourth-order valence-corrected chi connectivity index (χ4v) is 5.42. The lowest BCUT2D eigenvalue weighted by Gasteiger charge is -2.47. The summed E-state index contributed by atoms with van der Waals surface area (Å²) in [5.74, 6) is 0. The minimum atomic E-state index is 0.366. The molecule has 112 valence electrons. The Labute approximate surface area is 135 Å². The van der Waals surface area contributed by atoms with Crippen molar-refractivity contribution in [3.63, 3.8) is 0 Å². The van der Waals surface area contributed by atoms with Gasteiger partial charge in [0.25, 0.3) is 0 Å². The third-order valence-corrected chi connectivity index (χ3v) is 6.45. The zero-order valence-electron chi connectivity index (χ0n) is 11.9. The van der Waals surface area contributed by atoms with Crippen LogP contribution in [0.1, 0.15) is 44.2 Å². The molecule has 1 aromatic heterocycles. The zero-order valence-corrected chi connectivity index (χ0v) is 14.3. The van der Waals surface area contributed by atoms with Crippen molar-refractivity contribution in [2.75, 3.05) is 26.2 Å². The molecule has 20 heavy (non-hydrogen) atoms. The van der Waals surface area contributed by atoms with Crippen molar-refractivity contribution < 1.29 is 0 Å². The average Bonchev–Trinajstić information content (AvgIpc) is 2.78. The highest BCUT2D eigenvalue weighted by molar-refractivity contribution is 7.20. The van der Waals surface area contributed by atoms with E-state index in [1.807, 2.05) is 6.07 Å². The lowest BCUT2D eigenvalue weighted by molar-refractivity contribution is 0.0417. The standard InChI is InChI=1S/C15H22Cl2N2S/c1-11(12-8-13(16)20-14(12)17)19-7-3-5-15(10-19)4-2-6-18-9-15/h8,11,18H,2-7,9-10H2,1H3. The maximum Gasteiger partial charge on any atom is 0.0991 e. The van der Waals surface area contributed by atoms with Gasteiger partial charge in [-0.2, -0.15) is 0 Å². The van der Waals surface area contributed by atoms with Gasteiger partial charge in [-0.3, -0.25) is 4.90 Å². The number of hydrogen-bond acceptors (Lipinski definition) is 3. The number of hydrogen-bond donors (Lipinski definition) is 1. The third kappa shape index (κ3) is 3.02. The van der Waals surface area contributed by atoms with Crippen molar-refractivity contribution in [3.05, 3.63) is 20.3 Å². The molecule has 3 rings (SSSR count). The molecule has 5 heteroatoms. The quantitative estimate of drug-likeness (QED) is 0.852. The van der Waals surface area contributed by atoms with Gasteiger partial charge in [-0.15, -0.1) is 11.3 Å². The first kappa shape index (κ1) is 15.1. The summed E-state index contributed by atoms with van der Waals surface area (Å²) in [5.41, 5.74) is 1.68. The van der Waals surface area contributed by atoms with Crippen LogP contribution in [0.5, 0.6) is 0 Å². The smallest absolute Gasteiger partial charge is 0.0991 e.